The monoisotopic (exact) mass is 237 g/mol. The molecule has 0 unspecified atom stereocenters. The lowest BCUT2D eigenvalue weighted by Crippen LogP contribution is -2.07. The number of hydrogen-bond donors (Lipinski definition) is 2. The third-order valence-corrected chi connectivity index (χ3v) is 2.52. The van der Waals surface area contributed by atoms with E-state index >= 15 is 0 Å². The highest BCUT2D eigenvalue weighted by atomic mass is 32.2. The molecule has 0 bridgehead atoms. The quantitative estimate of drug-likeness (QED) is 0.480. The highest BCUT2D eigenvalue weighted by Gasteiger charge is 2.00. The first-order valence-corrected chi connectivity index (χ1v) is 5.79. The smallest absolute Gasteiger partial charge is 0.221 e. The molecule has 0 spiro atoms. The van der Waals surface area contributed by atoms with Crippen molar-refractivity contribution >= 4 is 28.5 Å². The molecule has 3 N–H and O–H groups in total. The maximum absolute atomic E-state index is 10.9. The van der Waals surface area contributed by atoms with Gasteiger partial charge in [-0.2, -0.15) is 0 Å². The summed E-state index contributed by atoms with van der Waals surface area (Å²) >= 11 is 1.39. The van der Waals surface area contributed by atoms with E-state index in [-0.39, 0.29) is 5.91 Å². The number of benzene rings is 1. The van der Waals surface area contributed by atoms with Gasteiger partial charge in [0.15, 0.2) is 5.17 Å². The van der Waals surface area contributed by atoms with Crippen molar-refractivity contribution in [2.75, 3.05) is 11.9 Å². The Morgan fingerprint density at radius 1 is 1.56 bits per heavy atom. The van der Waals surface area contributed by atoms with Gasteiger partial charge in [-0.15, -0.1) is 0 Å². The van der Waals surface area contributed by atoms with Crippen LogP contribution in [-0.4, -0.2) is 17.6 Å². The van der Waals surface area contributed by atoms with Crippen LogP contribution in [0.3, 0.4) is 0 Å². The molecule has 0 aliphatic heterocycles. The molecule has 0 saturated heterocycles. The number of carbonyl (C=O) groups is 1. The number of amides is 1. The van der Waals surface area contributed by atoms with Gasteiger partial charge in [0, 0.05) is 24.1 Å². The van der Waals surface area contributed by atoms with Crippen LogP contribution in [0, 0.1) is 0 Å². The zero-order valence-corrected chi connectivity index (χ0v) is 10.2. The van der Waals surface area contributed by atoms with E-state index in [4.69, 9.17) is 5.73 Å². The van der Waals surface area contributed by atoms with Gasteiger partial charge < -0.3 is 11.1 Å². The highest BCUT2D eigenvalue weighted by Crippen LogP contribution is 2.21. The lowest BCUT2D eigenvalue weighted by atomic mass is 10.3. The Hall–Kier alpha value is -1.49. The van der Waals surface area contributed by atoms with Crippen molar-refractivity contribution in [1.82, 2.24) is 0 Å². The molecule has 0 saturated carbocycles. The fourth-order valence-electron chi connectivity index (χ4n) is 1.15. The minimum absolute atomic E-state index is 0.0858. The van der Waals surface area contributed by atoms with Gasteiger partial charge in [0.1, 0.15) is 0 Å². The van der Waals surface area contributed by atoms with E-state index in [0.717, 1.165) is 10.6 Å². The van der Waals surface area contributed by atoms with Crippen LogP contribution in [0.25, 0.3) is 0 Å². The van der Waals surface area contributed by atoms with Gasteiger partial charge in [-0.3, -0.25) is 9.79 Å². The SMILES string of the molecule is CC/N=C(\N)Sc1cccc(NC(C)=O)c1. The molecule has 1 aromatic rings. The highest BCUT2D eigenvalue weighted by molar-refractivity contribution is 8.13. The summed E-state index contributed by atoms with van der Waals surface area (Å²) in [7, 11) is 0. The van der Waals surface area contributed by atoms with Crippen molar-refractivity contribution in [3.05, 3.63) is 24.3 Å². The average Bonchev–Trinajstić information content (AvgIpc) is 2.17. The molecule has 0 atom stereocenters. The molecule has 0 heterocycles. The zero-order valence-electron chi connectivity index (χ0n) is 9.36. The number of nitrogens with two attached hydrogens (primary N) is 1. The van der Waals surface area contributed by atoms with Gasteiger partial charge in [0.2, 0.25) is 5.91 Å². The first kappa shape index (κ1) is 12.6. The number of aliphatic imine (C=N–C) groups is 1. The second-order valence-electron chi connectivity index (χ2n) is 3.12. The number of rotatable bonds is 3. The lowest BCUT2D eigenvalue weighted by Gasteiger charge is -2.04. The molecule has 0 aliphatic carbocycles. The molecule has 0 fully saturated rings. The normalized spacial score (nSPS) is 11.2. The maximum atomic E-state index is 10.9. The zero-order chi connectivity index (χ0) is 12.0. The van der Waals surface area contributed by atoms with E-state index in [2.05, 4.69) is 10.3 Å². The van der Waals surface area contributed by atoms with Crippen molar-refractivity contribution in [2.45, 2.75) is 18.7 Å². The molecule has 0 aromatic heterocycles. The van der Waals surface area contributed by atoms with Crippen LogP contribution in [0.1, 0.15) is 13.8 Å². The van der Waals surface area contributed by atoms with E-state index in [9.17, 15) is 4.79 Å². The van der Waals surface area contributed by atoms with E-state index in [0.29, 0.717) is 11.7 Å². The number of thioether (sulfide) groups is 1. The second-order valence-corrected chi connectivity index (χ2v) is 4.22. The summed E-state index contributed by atoms with van der Waals surface area (Å²) in [5, 5.41) is 3.25. The Balaban J connectivity index is 2.74. The third kappa shape index (κ3) is 4.35. The predicted molar refractivity (Wildman–Crippen MR) is 68.8 cm³/mol. The summed E-state index contributed by atoms with van der Waals surface area (Å²) in [6, 6.07) is 7.49. The van der Waals surface area contributed by atoms with Gasteiger partial charge >= 0.3 is 0 Å². The Labute approximate surface area is 99.3 Å². The summed E-state index contributed by atoms with van der Waals surface area (Å²) in [5.41, 5.74) is 6.46. The van der Waals surface area contributed by atoms with Gasteiger partial charge in [0.25, 0.3) is 0 Å². The molecule has 0 aliphatic rings. The Bertz CT molecular complexity index is 404. The van der Waals surface area contributed by atoms with Crippen molar-refractivity contribution in [2.24, 2.45) is 10.7 Å². The van der Waals surface area contributed by atoms with Crippen LogP contribution in [0.15, 0.2) is 34.2 Å². The van der Waals surface area contributed by atoms with Crippen LogP contribution in [0.5, 0.6) is 0 Å². The standard InChI is InChI=1S/C11H15N3OS/c1-3-13-11(12)16-10-6-4-5-9(7-10)14-8(2)15/h4-7H,3H2,1-2H3,(H2,12,13)(H,14,15). The van der Waals surface area contributed by atoms with E-state index in [1.54, 1.807) is 0 Å². The van der Waals surface area contributed by atoms with Crippen molar-refractivity contribution in [3.63, 3.8) is 0 Å². The van der Waals surface area contributed by atoms with Gasteiger partial charge in [0.05, 0.1) is 0 Å². The number of nitrogens with zero attached hydrogens (tertiary/aromatic N) is 1. The molecular weight excluding hydrogens is 222 g/mol. The minimum Gasteiger partial charge on any atom is -0.378 e. The third-order valence-electron chi connectivity index (χ3n) is 1.69. The molecular formula is C11H15N3OS. The number of amidine groups is 1. The first-order valence-electron chi connectivity index (χ1n) is 4.97. The van der Waals surface area contributed by atoms with Gasteiger partial charge in [-0.05, 0) is 25.1 Å². The molecule has 86 valence electrons. The molecule has 4 nitrogen and oxygen atoms in total. The molecule has 1 rings (SSSR count). The average molecular weight is 237 g/mol. The van der Waals surface area contributed by atoms with Crippen LogP contribution in [0.4, 0.5) is 5.69 Å². The number of carbonyl (C=O) groups excluding carboxylic acids is 1. The Morgan fingerprint density at radius 2 is 2.31 bits per heavy atom. The number of nitrogens with one attached hydrogen (secondary N) is 1. The Morgan fingerprint density at radius 3 is 2.94 bits per heavy atom. The molecule has 5 heteroatoms. The van der Waals surface area contributed by atoms with Crippen molar-refractivity contribution in [1.29, 1.82) is 0 Å². The topological polar surface area (TPSA) is 67.5 Å². The van der Waals surface area contributed by atoms with E-state index < -0.39 is 0 Å². The predicted octanol–water partition coefficient (Wildman–Crippen LogP) is 2.07. The lowest BCUT2D eigenvalue weighted by molar-refractivity contribution is -0.114. The molecule has 0 radical (unpaired) electrons. The molecule has 16 heavy (non-hydrogen) atoms. The summed E-state index contributed by atoms with van der Waals surface area (Å²) in [4.78, 5) is 15.9. The summed E-state index contributed by atoms with van der Waals surface area (Å²) < 4.78 is 0. The first-order chi connectivity index (χ1) is 7.61. The van der Waals surface area contributed by atoms with Gasteiger partial charge in [-0.25, -0.2) is 0 Å². The largest absolute Gasteiger partial charge is 0.378 e. The number of hydrogen-bond acceptors (Lipinski definition) is 3. The van der Waals surface area contributed by atoms with Crippen molar-refractivity contribution in [3.8, 4) is 0 Å². The van der Waals surface area contributed by atoms with Crippen LogP contribution < -0.4 is 11.1 Å². The maximum Gasteiger partial charge on any atom is 0.221 e. The molecule has 1 amide bonds. The fourth-order valence-corrected chi connectivity index (χ4v) is 1.92. The number of anilines is 1. The van der Waals surface area contributed by atoms with E-state index in [1.165, 1.54) is 18.7 Å². The Kier molecular flexibility index (Phi) is 4.85. The van der Waals surface area contributed by atoms with Gasteiger partial charge in [-0.1, -0.05) is 17.8 Å². The molecule has 1 aromatic carbocycles. The van der Waals surface area contributed by atoms with Crippen molar-refractivity contribution < 1.29 is 4.79 Å². The second kappa shape index (κ2) is 6.17. The van der Waals surface area contributed by atoms with E-state index in [1.807, 2.05) is 31.2 Å². The fraction of sp³-hybridized carbons (Fsp3) is 0.273. The summed E-state index contributed by atoms with van der Waals surface area (Å²) in [5.74, 6) is -0.0858. The summed E-state index contributed by atoms with van der Waals surface area (Å²) in [6.07, 6.45) is 0. The minimum atomic E-state index is -0.0858. The van der Waals surface area contributed by atoms with Crippen LogP contribution in [0.2, 0.25) is 0 Å². The van der Waals surface area contributed by atoms with Crippen LogP contribution >= 0.6 is 11.8 Å². The summed E-state index contributed by atoms with van der Waals surface area (Å²) in [6.45, 7) is 4.08. The van der Waals surface area contributed by atoms with Crippen LogP contribution in [-0.2, 0) is 4.79 Å².